The second-order valence-electron chi connectivity index (χ2n) is 7.63. The minimum absolute atomic E-state index is 0.129. The van der Waals surface area contributed by atoms with Crippen molar-refractivity contribution in [2.24, 2.45) is 0 Å². The lowest BCUT2D eigenvalue weighted by atomic mass is 10.1. The molecule has 4 aromatic heterocycles. The lowest BCUT2D eigenvalue weighted by Gasteiger charge is -2.25. The second-order valence-corrected chi connectivity index (χ2v) is 8.07. The van der Waals surface area contributed by atoms with Crippen LogP contribution in [-0.2, 0) is 6.54 Å². The van der Waals surface area contributed by atoms with Crippen molar-refractivity contribution in [1.29, 1.82) is 0 Å². The standard InChI is InChI=1S/C22H18ClN7O3/c1-12-5-14(6-25-20(12)30-8-15(23)7-27-30)13(2)29-9-17-16(22(29)32)3-4-24-19(17)28-21(31)18-10-33-11-26-18/h3-8,10-11,13H,9H2,1-2H3,(H,24,28,31). The topological polar surface area (TPSA) is 119 Å². The molecule has 5 heterocycles. The van der Waals surface area contributed by atoms with Crippen LogP contribution in [0.5, 0.6) is 0 Å². The molecule has 0 spiro atoms. The highest BCUT2D eigenvalue weighted by atomic mass is 35.5. The van der Waals surface area contributed by atoms with Crippen molar-refractivity contribution in [3.05, 3.63) is 82.5 Å². The van der Waals surface area contributed by atoms with E-state index in [9.17, 15) is 9.59 Å². The average Bonchev–Trinajstić information content (AvgIpc) is 3.55. The molecule has 0 bridgehead atoms. The van der Waals surface area contributed by atoms with E-state index in [1.165, 1.54) is 18.9 Å². The van der Waals surface area contributed by atoms with E-state index in [4.69, 9.17) is 16.0 Å². The highest BCUT2D eigenvalue weighted by Crippen LogP contribution is 2.34. The maximum absolute atomic E-state index is 13.2. The number of carbonyl (C=O) groups is 2. The molecule has 1 N–H and O–H groups in total. The van der Waals surface area contributed by atoms with Crippen LogP contribution in [0, 0.1) is 6.92 Å². The first kappa shape index (κ1) is 20.8. The van der Waals surface area contributed by atoms with Gasteiger partial charge in [-0.05, 0) is 37.1 Å². The van der Waals surface area contributed by atoms with Gasteiger partial charge in [-0.15, -0.1) is 0 Å². The average molecular weight is 464 g/mol. The lowest BCUT2D eigenvalue weighted by molar-refractivity contribution is 0.0715. The zero-order chi connectivity index (χ0) is 23.1. The molecular weight excluding hydrogens is 446 g/mol. The molecular formula is C22H18ClN7O3. The summed E-state index contributed by atoms with van der Waals surface area (Å²) in [5, 5.41) is 7.43. The van der Waals surface area contributed by atoms with Gasteiger partial charge in [0.1, 0.15) is 12.1 Å². The molecule has 1 atom stereocenters. The van der Waals surface area contributed by atoms with Crippen molar-refractivity contribution in [3.63, 3.8) is 0 Å². The zero-order valence-electron chi connectivity index (χ0n) is 17.7. The van der Waals surface area contributed by atoms with Crippen LogP contribution in [0.1, 0.15) is 50.5 Å². The molecule has 5 rings (SSSR count). The van der Waals surface area contributed by atoms with E-state index in [2.05, 4.69) is 25.4 Å². The quantitative estimate of drug-likeness (QED) is 0.480. The molecule has 0 aliphatic carbocycles. The Kier molecular flexibility index (Phi) is 5.14. The fraction of sp³-hybridized carbons (Fsp3) is 0.182. The molecule has 4 aromatic rings. The molecule has 1 aliphatic rings. The Morgan fingerprint density at radius 3 is 2.82 bits per heavy atom. The van der Waals surface area contributed by atoms with Gasteiger partial charge in [0, 0.05) is 23.5 Å². The number of carbonyl (C=O) groups excluding carboxylic acids is 2. The summed E-state index contributed by atoms with van der Waals surface area (Å²) in [6.07, 6.45) is 8.87. The van der Waals surface area contributed by atoms with E-state index in [1.54, 1.807) is 34.2 Å². The largest absolute Gasteiger partial charge is 0.451 e. The number of nitrogens with zero attached hydrogens (tertiary/aromatic N) is 6. The summed E-state index contributed by atoms with van der Waals surface area (Å²) in [5.41, 5.74) is 3.05. The van der Waals surface area contributed by atoms with Crippen LogP contribution in [0.2, 0.25) is 5.02 Å². The van der Waals surface area contributed by atoms with Crippen LogP contribution < -0.4 is 5.32 Å². The van der Waals surface area contributed by atoms with Crippen LogP contribution in [0.25, 0.3) is 5.82 Å². The third-order valence-corrected chi connectivity index (χ3v) is 5.76. The minimum atomic E-state index is -0.460. The van der Waals surface area contributed by atoms with Crippen molar-refractivity contribution in [3.8, 4) is 5.82 Å². The number of hydrogen-bond donors (Lipinski definition) is 1. The summed E-state index contributed by atoms with van der Waals surface area (Å²) in [6.45, 7) is 4.16. The van der Waals surface area contributed by atoms with Gasteiger partial charge >= 0.3 is 0 Å². The van der Waals surface area contributed by atoms with Gasteiger partial charge in [-0.3, -0.25) is 9.59 Å². The number of pyridine rings is 2. The first-order valence-corrected chi connectivity index (χ1v) is 10.5. The molecule has 2 amide bonds. The van der Waals surface area contributed by atoms with E-state index < -0.39 is 5.91 Å². The molecule has 166 valence electrons. The highest BCUT2D eigenvalue weighted by Gasteiger charge is 2.34. The van der Waals surface area contributed by atoms with Crippen LogP contribution in [0.4, 0.5) is 5.82 Å². The van der Waals surface area contributed by atoms with Crippen molar-refractivity contribution < 1.29 is 14.0 Å². The number of fused-ring (bicyclic) bond motifs is 1. The number of rotatable bonds is 5. The molecule has 0 radical (unpaired) electrons. The van der Waals surface area contributed by atoms with E-state index in [-0.39, 0.29) is 17.6 Å². The maximum Gasteiger partial charge on any atom is 0.278 e. The minimum Gasteiger partial charge on any atom is -0.451 e. The van der Waals surface area contributed by atoms with E-state index >= 15 is 0 Å². The first-order chi connectivity index (χ1) is 15.9. The Morgan fingerprint density at radius 1 is 1.27 bits per heavy atom. The number of hydrogen-bond acceptors (Lipinski definition) is 7. The molecule has 10 nitrogen and oxygen atoms in total. The Labute approximate surface area is 193 Å². The summed E-state index contributed by atoms with van der Waals surface area (Å²) in [5.74, 6) is 0.384. The Hall–Kier alpha value is -4.05. The van der Waals surface area contributed by atoms with Crippen molar-refractivity contribution in [2.45, 2.75) is 26.4 Å². The zero-order valence-corrected chi connectivity index (χ0v) is 18.4. The Morgan fingerprint density at radius 2 is 2.12 bits per heavy atom. The molecule has 0 saturated heterocycles. The van der Waals surface area contributed by atoms with Crippen molar-refractivity contribution in [2.75, 3.05) is 5.32 Å². The van der Waals surface area contributed by atoms with Gasteiger partial charge in [-0.2, -0.15) is 5.10 Å². The third-order valence-electron chi connectivity index (χ3n) is 5.56. The van der Waals surface area contributed by atoms with Crippen LogP contribution in [0.15, 0.2) is 54.0 Å². The van der Waals surface area contributed by atoms with Gasteiger partial charge in [0.2, 0.25) is 0 Å². The molecule has 0 saturated carbocycles. The number of anilines is 1. The van der Waals surface area contributed by atoms with Crippen molar-refractivity contribution in [1.82, 2.24) is 29.6 Å². The number of oxazole rings is 1. The normalized spacial score (nSPS) is 13.8. The number of halogens is 1. The van der Waals surface area contributed by atoms with Crippen LogP contribution >= 0.6 is 11.6 Å². The monoisotopic (exact) mass is 463 g/mol. The Balaban J connectivity index is 1.39. The van der Waals surface area contributed by atoms with E-state index in [0.29, 0.717) is 34.3 Å². The van der Waals surface area contributed by atoms with Crippen molar-refractivity contribution >= 4 is 29.2 Å². The number of aryl methyl sites for hydroxylation is 1. The van der Waals surface area contributed by atoms with E-state index in [0.717, 1.165) is 11.1 Å². The van der Waals surface area contributed by atoms with Crippen LogP contribution in [0.3, 0.4) is 0 Å². The number of aromatic nitrogens is 5. The fourth-order valence-electron chi connectivity index (χ4n) is 3.82. The third kappa shape index (κ3) is 3.74. The molecule has 0 fully saturated rings. The van der Waals surface area contributed by atoms with Gasteiger partial charge in [0.15, 0.2) is 17.9 Å². The summed E-state index contributed by atoms with van der Waals surface area (Å²) in [6, 6.07) is 3.37. The Bertz CT molecular complexity index is 1370. The fourth-order valence-corrected chi connectivity index (χ4v) is 3.96. The molecule has 1 unspecified atom stereocenters. The number of nitrogens with one attached hydrogen (secondary N) is 1. The summed E-state index contributed by atoms with van der Waals surface area (Å²) in [4.78, 5) is 39.9. The van der Waals surface area contributed by atoms with Gasteiger partial charge < -0.3 is 14.6 Å². The first-order valence-electron chi connectivity index (χ1n) is 10.1. The molecule has 11 heteroatoms. The van der Waals surface area contributed by atoms with Gasteiger partial charge in [0.25, 0.3) is 11.8 Å². The smallest absolute Gasteiger partial charge is 0.278 e. The van der Waals surface area contributed by atoms with E-state index in [1.807, 2.05) is 19.9 Å². The van der Waals surface area contributed by atoms with Gasteiger partial charge in [-0.1, -0.05) is 11.6 Å². The lowest BCUT2D eigenvalue weighted by Crippen LogP contribution is -2.27. The summed E-state index contributed by atoms with van der Waals surface area (Å²) in [7, 11) is 0. The summed E-state index contributed by atoms with van der Waals surface area (Å²) >= 11 is 5.97. The SMILES string of the molecule is Cc1cc(C(C)N2Cc3c(ccnc3NC(=O)c3cocn3)C2=O)cnc1-n1cc(Cl)cn1. The number of amides is 2. The molecule has 33 heavy (non-hydrogen) atoms. The van der Waals surface area contributed by atoms with Crippen LogP contribution in [-0.4, -0.2) is 41.4 Å². The van der Waals surface area contributed by atoms with Gasteiger partial charge in [0.05, 0.1) is 30.0 Å². The van der Waals surface area contributed by atoms with Gasteiger partial charge in [-0.25, -0.2) is 19.6 Å². The predicted octanol–water partition coefficient (Wildman–Crippen LogP) is 3.58. The maximum atomic E-state index is 13.2. The predicted molar refractivity (Wildman–Crippen MR) is 118 cm³/mol. The molecule has 0 aromatic carbocycles. The summed E-state index contributed by atoms with van der Waals surface area (Å²) < 4.78 is 6.46. The highest BCUT2D eigenvalue weighted by molar-refractivity contribution is 6.30. The second kappa shape index (κ2) is 8.14. The molecule has 1 aliphatic heterocycles.